The second kappa shape index (κ2) is 10.6. The molecule has 2 aliphatic rings. The molecule has 3 amide bonds. The number of benzene rings is 3. The lowest BCUT2D eigenvalue weighted by atomic mass is 9.82. The standard InChI is InChI=1S/C28H19ClFN3O5S2/c29-14-6-11-19(38-13-20(34)31-16-9-7-15(30)8-10-16)18(12-14)21-22-24(39-25-23(21)40-28(37)32-25)27(36)33(26(22)35)17-4-2-1-3-5-17/h1-12,21-22,24H,13H2,(H,31,34)(H,32,37)/t21-,22-,24+/m0/s1. The maximum Gasteiger partial charge on any atom is 0.305 e. The quantitative estimate of drug-likeness (QED) is 0.302. The van der Waals surface area contributed by atoms with E-state index >= 15 is 0 Å². The van der Waals surface area contributed by atoms with Gasteiger partial charge in [-0.2, -0.15) is 0 Å². The SMILES string of the molecule is O=C(COc1ccc(Cl)cc1[C@@H]1c2sc(=O)[nH]c2S[C@H]2C(=O)N(c3ccccc3)C(=O)[C@@H]12)Nc1ccc(F)cc1. The minimum atomic E-state index is -0.842. The second-order valence-corrected chi connectivity index (χ2v) is 11.7. The average molecular weight is 596 g/mol. The molecule has 0 bridgehead atoms. The molecule has 40 heavy (non-hydrogen) atoms. The van der Waals surface area contributed by atoms with Gasteiger partial charge in [-0.15, -0.1) is 0 Å². The molecule has 3 aromatic carbocycles. The molecule has 202 valence electrons. The summed E-state index contributed by atoms with van der Waals surface area (Å²) in [5.74, 6) is -2.99. The first-order valence-corrected chi connectivity index (χ1v) is 14.2. The highest BCUT2D eigenvalue weighted by Gasteiger charge is 2.56. The predicted octanol–water partition coefficient (Wildman–Crippen LogP) is 5.04. The monoisotopic (exact) mass is 595 g/mol. The number of para-hydroxylation sites is 1. The number of carbonyl (C=O) groups excluding carboxylic acids is 3. The van der Waals surface area contributed by atoms with Crippen LogP contribution in [0.4, 0.5) is 15.8 Å². The van der Waals surface area contributed by atoms with E-state index in [4.69, 9.17) is 16.3 Å². The molecule has 0 saturated carbocycles. The van der Waals surface area contributed by atoms with Crippen molar-refractivity contribution in [2.24, 2.45) is 5.92 Å². The Bertz CT molecular complexity index is 1690. The molecular weight excluding hydrogens is 577 g/mol. The number of carbonyl (C=O) groups is 3. The molecule has 0 radical (unpaired) electrons. The number of rotatable bonds is 6. The molecular formula is C28H19ClFN3O5S2. The van der Waals surface area contributed by atoms with Crippen molar-refractivity contribution in [3.63, 3.8) is 0 Å². The lowest BCUT2D eigenvalue weighted by Gasteiger charge is -2.31. The molecule has 4 aromatic rings. The van der Waals surface area contributed by atoms with Crippen LogP contribution < -0.4 is 19.8 Å². The van der Waals surface area contributed by atoms with E-state index in [1.165, 1.54) is 40.9 Å². The van der Waals surface area contributed by atoms with Gasteiger partial charge >= 0.3 is 4.87 Å². The number of anilines is 2. The van der Waals surface area contributed by atoms with E-state index < -0.39 is 34.7 Å². The first kappa shape index (κ1) is 26.3. The van der Waals surface area contributed by atoms with Gasteiger partial charge in [0.1, 0.15) is 16.8 Å². The maximum absolute atomic E-state index is 13.9. The van der Waals surface area contributed by atoms with Gasteiger partial charge < -0.3 is 15.0 Å². The van der Waals surface area contributed by atoms with Crippen molar-refractivity contribution >= 4 is 63.8 Å². The zero-order valence-electron chi connectivity index (χ0n) is 20.4. The van der Waals surface area contributed by atoms with Gasteiger partial charge in [0.05, 0.1) is 16.6 Å². The zero-order chi connectivity index (χ0) is 28.0. The van der Waals surface area contributed by atoms with Gasteiger partial charge in [-0.1, -0.05) is 52.9 Å². The summed E-state index contributed by atoms with van der Waals surface area (Å²) in [6.45, 7) is -0.388. The van der Waals surface area contributed by atoms with Gasteiger partial charge in [-0.05, 0) is 54.6 Å². The molecule has 0 aliphatic carbocycles. The highest BCUT2D eigenvalue weighted by molar-refractivity contribution is 8.00. The third-order valence-electron chi connectivity index (χ3n) is 6.63. The van der Waals surface area contributed by atoms with E-state index in [-0.39, 0.29) is 23.1 Å². The van der Waals surface area contributed by atoms with E-state index in [9.17, 15) is 23.6 Å². The van der Waals surface area contributed by atoms with E-state index in [0.29, 0.717) is 31.9 Å². The first-order chi connectivity index (χ1) is 19.3. The molecule has 1 saturated heterocycles. The molecule has 8 nitrogen and oxygen atoms in total. The molecule has 3 heterocycles. The Kier molecular flexibility index (Phi) is 6.95. The van der Waals surface area contributed by atoms with E-state index in [1.54, 1.807) is 48.5 Å². The average Bonchev–Trinajstić information content (AvgIpc) is 3.43. The minimum absolute atomic E-state index is 0.277. The molecule has 2 aliphatic heterocycles. The van der Waals surface area contributed by atoms with Gasteiger partial charge in [0.25, 0.3) is 5.91 Å². The summed E-state index contributed by atoms with van der Waals surface area (Å²) in [5, 5.41) is 2.71. The Labute approximate surface area is 240 Å². The molecule has 1 fully saturated rings. The van der Waals surface area contributed by atoms with Gasteiger partial charge in [0.2, 0.25) is 11.8 Å². The topological polar surface area (TPSA) is 109 Å². The highest BCUT2D eigenvalue weighted by atomic mass is 35.5. The van der Waals surface area contributed by atoms with Gasteiger partial charge in [-0.25, -0.2) is 9.29 Å². The van der Waals surface area contributed by atoms with Crippen molar-refractivity contribution in [1.29, 1.82) is 0 Å². The molecule has 1 aromatic heterocycles. The van der Waals surface area contributed by atoms with Crippen molar-refractivity contribution in [2.45, 2.75) is 16.2 Å². The van der Waals surface area contributed by atoms with Crippen molar-refractivity contribution in [3.8, 4) is 5.75 Å². The Morgan fingerprint density at radius 1 is 1.02 bits per heavy atom. The third-order valence-corrected chi connectivity index (χ3v) is 9.27. The van der Waals surface area contributed by atoms with Crippen LogP contribution in [-0.4, -0.2) is 34.6 Å². The van der Waals surface area contributed by atoms with Crippen molar-refractivity contribution in [2.75, 3.05) is 16.8 Å². The minimum Gasteiger partial charge on any atom is -0.483 e. The Balaban J connectivity index is 1.36. The molecule has 6 rings (SSSR count). The Morgan fingerprint density at radius 3 is 2.52 bits per heavy atom. The number of imide groups is 1. The number of nitrogens with zero attached hydrogens (tertiary/aromatic N) is 1. The van der Waals surface area contributed by atoms with Crippen LogP contribution in [0.1, 0.15) is 16.4 Å². The third kappa shape index (κ3) is 4.80. The molecule has 2 N–H and O–H groups in total. The Morgan fingerprint density at radius 2 is 1.77 bits per heavy atom. The summed E-state index contributed by atoms with van der Waals surface area (Å²) >= 11 is 8.51. The molecule has 3 atom stereocenters. The zero-order valence-corrected chi connectivity index (χ0v) is 22.8. The van der Waals surface area contributed by atoms with Gasteiger partial charge in [0, 0.05) is 27.1 Å². The smallest absolute Gasteiger partial charge is 0.305 e. The number of ether oxygens (including phenoxy) is 1. The van der Waals surface area contributed by atoms with Crippen molar-refractivity contribution < 1.29 is 23.5 Å². The molecule has 12 heteroatoms. The predicted molar refractivity (Wildman–Crippen MR) is 151 cm³/mol. The number of amides is 3. The Hall–Kier alpha value is -3.93. The van der Waals surface area contributed by atoms with Crippen LogP contribution in [0.15, 0.2) is 82.6 Å². The van der Waals surface area contributed by atoms with Crippen LogP contribution in [-0.2, 0) is 14.4 Å². The number of nitrogens with one attached hydrogen (secondary N) is 2. The summed E-state index contributed by atoms with van der Waals surface area (Å²) < 4.78 is 19.1. The fraction of sp³-hybridized carbons (Fsp3) is 0.143. The molecule has 0 unspecified atom stereocenters. The summed E-state index contributed by atoms with van der Waals surface area (Å²) in [6, 6.07) is 18.8. The van der Waals surface area contributed by atoms with Gasteiger partial charge in [-0.3, -0.25) is 19.2 Å². The summed E-state index contributed by atoms with van der Waals surface area (Å²) in [5.41, 5.74) is 1.34. The number of hydrogen-bond acceptors (Lipinski definition) is 7. The number of aromatic nitrogens is 1. The van der Waals surface area contributed by atoms with E-state index in [1.807, 2.05) is 0 Å². The lowest BCUT2D eigenvalue weighted by Crippen LogP contribution is -2.32. The number of aromatic amines is 1. The largest absolute Gasteiger partial charge is 0.483 e. The fourth-order valence-corrected chi connectivity index (χ4v) is 7.64. The summed E-state index contributed by atoms with van der Waals surface area (Å²) in [4.78, 5) is 56.7. The van der Waals surface area contributed by atoms with Crippen LogP contribution in [0.2, 0.25) is 5.02 Å². The highest BCUT2D eigenvalue weighted by Crippen LogP contribution is 2.54. The first-order valence-electron chi connectivity index (χ1n) is 12.1. The lowest BCUT2D eigenvalue weighted by molar-refractivity contribution is -0.122. The van der Waals surface area contributed by atoms with Gasteiger partial charge in [0.15, 0.2) is 6.61 Å². The number of fused-ring (bicyclic) bond motifs is 2. The summed E-state index contributed by atoms with van der Waals surface area (Å²) in [6.07, 6.45) is 0. The number of halogens is 2. The van der Waals surface area contributed by atoms with Crippen LogP contribution in [0.25, 0.3) is 0 Å². The number of thioether (sulfide) groups is 1. The second-order valence-electron chi connectivity index (χ2n) is 9.12. The number of H-pyrrole nitrogens is 1. The molecule has 0 spiro atoms. The van der Waals surface area contributed by atoms with E-state index in [2.05, 4.69) is 10.3 Å². The normalized spacial score (nSPS) is 19.8. The van der Waals surface area contributed by atoms with E-state index in [0.717, 1.165) is 11.3 Å². The van der Waals surface area contributed by atoms with Crippen LogP contribution >= 0.6 is 34.7 Å². The van der Waals surface area contributed by atoms with Crippen LogP contribution in [0, 0.1) is 11.7 Å². The van der Waals surface area contributed by atoms with Crippen molar-refractivity contribution in [3.05, 3.63) is 104 Å². The van der Waals surface area contributed by atoms with Crippen molar-refractivity contribution in [1.82, 2.24) is 4.98 Å². The number of thiazole rings is 1. The van der Waals surface area contributed by atoms with Crippen LogP contribution in [0.3, 0.4) is 0 Å². The fourth-order valence-electron chi connectivity index (χ4n) is 4.95. The number of hydrogen-bond donors (Lipinski definition) is 2. The maximum atomic E-state index is 13.9. The van der Waals surface area contributed by atoms with Crippen LogP contribution in [0.5, 0.6) is 5.75 Å². The summed E-state index contributed by atoms with van der Waals surface area (Å²) in [7, 11) is 0.